The zero-order valence-corrected chi connectivity index (χ0v) is 16.8. The van der Waals surface area contributed by atoms with Gasteiger partial charge < -0.3 is 15.2 Å². The summed E-state index contributed by atoms with van der Waals surface area (Å²) in [5, 5.41) is 3.47. The number of likely N-dealkylation sites (N-methyl/N-ethyl adjacent to an activating group) is 1. The topological polar surface area (TPSA) is 70.1 Å². The van der Waals surface area contributed by atoms with E-state index in [1.807, 2.05) is 13.8 Å². The average molecular weight is 377 g/mol. The number of nitrogens with zero attached hydrogens (tertiary/aromatic N) is 2. The van der Waals surface area contributed by atoms with Crippen molar-refractivity contribution in [3.63, 3.8) is 0 Å². The van der Waals surface area contributed by atoms with E-state index in [0.29, 0.717) is 27.8 Å². The van der Waals surface area contributed by atoms with Crippen molar-refractivity contribution >= 4 is 29.0 Å². The van der Waals surface area contributed by atoms with Gasteiger partial charge in [0.25, 0.3) is 11.5 Å². The summed E-state index contributed by atoms with van der Waals surface area (Å²) in [6, 6.07) is 5.18. The van der Waals surface area contributed by atoms with Crippen LogP contribution in [-0.4, -0.2) is 46.0 Å². The smallest absolute Gasteiger partial charge is 0.262 e. The van der Waals surface area contributed by atoms with E-state index in [4.69, 9.17) is 12.2 Å². The Hall–Kier alpha value is -1.99. The number of nitrogens with one attached hydrogen (secondary N) is 2. The Morgan fingerprint density at radius 1 is 1.31 bits per heavy atom. The Morgan fingerprint density at radius 3 is 2.62 bits per heavy atom. The molecule has 26 heavy (non-hydrogen) atoms. The summed E-state index contributed by atoms with van der Waals surface area (Å²) >= 11 is 5.38. The van der Waals surface area contributed by atoms with Crippen LogP contribution in [0.25, 0.3) is 10.9 Å². The molecule has 0 aliphatic heterocycles. The minimum absolute atomic E-state index is 0.102. The molecular formula is C19H28N4O2S. The number of carbonyl (C=O) groups is 1. The van der Waals surface area contributed by atoms with Crippen molar-refractivity contribution in [1.82, 2.24) is 19.8 Å². The number of hydrogen-bond acceptors (Lipinski definition) is 4. The highest BCUT2D eigenvalue weighted by atomic mass is 32.1. The zero-order valence-electron chi connectivity index (χ0n) is 16.0. The molecule has 0 fully saturated rings. The predicted octanol–water partition coefficient (Wildman–Crippen LogP) is 2.93. The van der Waals surface area contributed by atoms with Crippen molar-refractivity contribution in [2.24, 2.45) is 0 Å². The molecule has 1 aromatic carbocycles. The van der Waals surface area contributed by atoms with Crippen molar-refractivity contribution in [3.05, 3.63) is 38.9 Å². The number of aromatic amines is 1. The van der Waals surface area contributed by atoms with Gasteiger partial charge in [0.1, 0.15) is 0 Å². The van der Waals surface area contributed by atoms with Crippen LogP contribution in [0, 0.1) is 4.77 Å². The number of hydrogen-bond donors (Lipinski definition) is 2. The maximum Gasteiger partial charge on any atom is 0.262 e. The summed E-state index contributed by atoms with van der Waals surface area (Å²) in [5.74, 6) is -0.147. The van der Waals surface area contributed by atoms with Crippen LogP contribution in [0.4, 0.5) is 0 Å². The predicted molar refractivity (Wildman–Crippen MR) is 108 cm³/mol. The molecule has 1 amide bonds. The molecule has 0 unspecified atom stereocenters. The SMILES string of the molecule is CC[C@@H](C)NC(=O)c1ccc2c(=O)n(CCN(CC)CC)c(=S)[nH]c2c1. The molecule has 0 bridgehead atoms. The van der Waals surface area contributed by atoms with Crippen molar-refractivity contribution < 1.29 is 4.79 Å². The lowest BCUT2D eigenvalue weighted by Crippen LogP contribution is -2.32. The first-order valence-electron chi connectivity index (χ1n) is 9.21. The lowest BCUT2D eigenvalue weighted by atomic mass is 10.1. The zero-order chi connectivity index (χ0) is 19.3. The number of H-pyrrole nitrogens is 1. The quantitative estimate of drug-likeness (QED) is 0.695. The molecule has 0 aliphatic carbocycles. The number of fused-ring (bicyclic) bond motifs is 1. The van der Waals surface area contributed by atoms with Crippen molar-refractivity contribution in [2.75, 3.05) is 19.6 Å². The number of carbonyl (C=O) groups excluding carboxylic acids is 1. The molecule has 2 N–H and O–H groups in total. The van der Waals surface area contributed by atoms with E-state index in [9.17, 15) is 9.59 Å². The fourth-order valence-electron chi connectivity index (χ4n) is 2.79. The lowest BCUT2D eigenvalue weighted by molar-refractivity contribution is 0.0939. The molecule has 0 saturated carbocycles. The van der Waals surface area contributed by atoms with Crippen LogP contribution in [0.3, 0.4) is 0 Å². The first kappa shape index (κ1) is 20.3. The van der Waals surface area contributed by atoms with Gasteiger partial charge in [-0.25, -0.2) is 0 Å². The summed E-state index contributed by atoms with van der Waals surface area (Å²) in [6.07, 6.45) is 0.860. The Bertz CT molecular complexity index is 883. The van der Waals surface area contributed by atoms with Crippen LogP contribution < -0.4 is 10.9 Å². The molecule has 2 aromatic rings. The summed E-state index contributed by atoms with van der Waals surface area (Å²) in [4.78, 5) is 30.4. The Morgan fingerprint density at radius 2 is 2.00 bits per heavy atom. The molecule has 1 atom stereocenters. The van der Waals surface area contributed by atoms with E-state index in [0.717, 1.165) is 26.1 Å². The summed E-state index contributed by atoms with van der Waals surface area (Å²) < 4.78 is 1.98. The van der Waals surface area contributed by atoms with E-state index < -0.39 is 0 Å². The second-order valence-corrected chi connectivity index (χ2v) is 6.84. The van der Waals surface area contributed by atoms with Crippen LogP contribution in [0.2, 0.25) is 0 Å². The second-order valence-electron chi connectivity index (χ2n) is 6.46. The molecule has 0 saturated heterocycles. The maximum atomic E-state index is 12.8. The van der Waals surface area contributed by atoms with E-state index in [2.05, 4.69) is 29.0 Å². The largest absolute Gasteiger partial charge is 0.350 e. The third-order valence-corrected chi connectivity index (χ3v) is 5.09. The number of amides is 1. The van der Waals surface area contributed by atoms with Crippen LogP contribution in [-0.2, 0) is 6.54 Å². The van der Waals surface area contributed by atoms with Crippen LogP contribution in [0.5, 0.6) is 0 Å². The third kappa shape index (κ3) is 4.59. The summed E-state index contributed by atoms with van der Waals surface area (Å²) in [6.45, 7) is 11.4. The molecule has 6 nitrogen and oxygen atoms in total. The lowest BCUT2D eigenvalue weighted by Gasteiger charge is -2.18. The van der Waals surface area contributed by atoms with Crippen LogP contribution in [0.1, 0.15) is 44.5 Å². The molecule has 0 radical (unpaired) electrons. The maximum absolute atomic E-state index is 12.8. The number of rotatable bonds is 8. The summed E-state index contributed by atoms with van der Waals surface area (Å²) in [7, 11) is 0. The first-order valence-corrected chi connectivity index (χ1v) is 9.62. The highest BCUT2D eigenvalue weighted by Gasteiger charge is 2.12. The highest BCUT2D eigenvalue weighted by molar-refractivity contribution is 7.71. The second kappa shape index (κ2) is 9.09. The van der Waals surface area contributed by atoms with Crippen LogP contribution >= 0.6 is 12.2 Å². The van der Waals surface area contributed by atoms with Crippen molar-refractivity contribution in [1.29, 1.82) is 0 Å². The van der Waals surface area contributed by atoms with Crippen LogP contribution in [0.15, 0.2) is 23.0 Å². The normalized spacial score (nSPS) is 12.5. The van der Waals surface area contributed by atoms with Gasteiger partial charge in [0.2, 0.25) is 0 Å². The van der Waals surface area contributed by atoms with Gasteiger partial charge in [-0.3, -0.25) is 14.2 Å². The fraction of sp³-hybridized carbons (Fsp3) is 0.526. The molecule has 2 rings (SSSR count). The average Bonchev–Trinajstić information content (AvgIpc) is 2.63. The molecule has 0 spiro atoms. The van der Waals surface area contributed by atoms with Gasteiger partial charge in [-0.15, -0.1) is 0 Å². The number of benzene rings is 1. The minimum Gasteiger partial charge on any atom is -0.350 e. The number of aromatic nitrogens is 2. The summed E-state index contributed by atoms with van der Waals surface area (Å²) in [5.41, 5.74) is 0.990. The van der Waals surface area contributed by atoms with E-state index in [1.54, 1.807) is 22.8 Å². The van der Waals surface area contributed by atoms with E-state index >= 15 is 0 Å². The Kier molecular flexibility index (Phi) is 7.11. The van der Waals surface area contributed by atoms with Gasteiger partial charge in [-0.1, -0.05) is 20.8 Å². The van der Waals surface area contributed by atoms with Gasteiger partial charge in [0.05, 0.1) is 10.9 Å². The van der Waals surface area contributed by atoms with E-state index in [-0.39, 0.29) is 17.5 Å². The van der Waals surface area contributed by atoms with Gasteiger partial charge in [0.15, 0.2) is 4.77 Å². The third-order valence-electron chi connectivity index (χ3n) is 4.77. The van der Waals surface area contributed by atoms with Gasteiger partial charge in [0, 0.05) is 24.7 Å². The molecule has 1 heterocycles. The van der Waals surface area contributed by atoms with Crippen molar-refractivity contribution in [2.45, 2.75) is 46.7 Å². The molecule has 142 valence electrons. The standard InChI is InChI=1S/C19H28N4O2S/c1-5-13(4)20-17(24)14-8-9-15-16(12-14)21-19(26)23(18(15)25)11-10-22(6-2)7-3/h8-9,12-13H,5-7,10-11H2,1-4H3,(H,20,24)(H,21,26)/t13-/m1/s1. The van der Waals surface area contributed by atoms with Gasteiger partial charge >= 0.3 is 0 Å². The van der Waals surface area contributed by atoms with Crippen molar-refractivity contribution in [3.8, 4) is 0 Å². The Labute approximate surface area is 159 Å². The molecule has 7 heteroatoms. The fourth-order valence-corrected chi connectivity index (χ4v) is 3.07. The molecular weight excluding hydrogens is 348 g/mol. The van der Waals surface area contributed by atoms with E-state index in [1.165, 1.54) is 0 Å². The first-order chi connectivity index (χ1) is 12.4. The van der Waals surface area contributed by atoms with Gasteiger partial charge in [-0.2, -0.15) is 0 Å². The monoisotopic (exact) mass is 376 g/mol. The molecule has 0 aliphatic rings. The van der Waals surface area contributed by atoms with Gasteiger partial charge in [-0.05, 0) is 56.9 Å². The minimum atomic E-state index is -0.147. The molecule has 1 aromatic heterocycles. The highest BCUT2D eigenvalue weighted by Crippen LogP contribution is 2.11. The Balaban J connectivity index is 2.35.